The van der Waals surface area contributed by atoms with E-state index in [1.54, 1.807) is 0 Å². The quantitative estimate of drug-likeness (QED) is 0.463. The summed E-state index contributed by atoms with van der Waals surface area (Å²) in [5.41, 5.74) is 7.70. The van der Waals surface area contributed by atoms with Crippen molar-refractivity contribution in [2.45, 2.75) is 6.92 Å². The van der Waals surface area contributed by atoms with Gasteiger partial charge in [-0.15, -0.1) is 11.3 Å². The lowest BCUT2D eigenvalue weighted by Crippen LogP contribution is -2.43. The maximum absolute atomic E-state index is 12.5. The van der Waals surface area contributed by atoms with E-state index in [0.29, 0.717) is 10.6 Å². The van der Waals surface area contributed by atoms with E-state index in [-0.39, 0.29) is 12.5 Å². The summed E-state index contributed by atoms with van der Waals surface area (Å²) >= 11 is 1.40. The Morgan fingerprint density at radius 1 is 0.867 bits per heavy atom. The van der Waals surface area contributed by atoms with Gasteiger partial charge in [0.1, 0.15) is 5.75 Å². The summed E-state index contributed by atoms with van der Waals surface area (Å²) < 4.78 is 6.74. The number of rotatable bonds is 5. The SMILES string of the molecule is Cc1c(C(=O)NNC(=O)COc2ccccc2-c2ccccc2)sc2ccccc12. The van der Waals surface area contributed by atoms with Crippen molar-refractivity contribution in [2.75, 3.05) is 6.61 Å². The van der Waals surface area contributed by atoms with Crippen LogP contribution in [-0.2, 0) is 4.79 Å². The predicted octanol–water partition coefficient (Wildman–Crippen LogP) is 4.72. The van der Waals surface area contributed by atoms with Crippen LogP contribution in [0, 0.1) is 6.92 Å². The van der Waals surface area contributed by atoms with Crippen LogP contribution in [-0.4, -0.2) is 18.4 Å². The van der Waals surface area contributed by atoms with E-state index < -0.39 is 5.91 Å². The molecule has 0 aliphatic heterocycles. The molecule has 0 radical (unpaired) electrons. The molecule has 4 aromatic rings. The smallest absolute Gasteiger partial charge is 0.280 e. The monoisotopic (exact) mass is 416 g/mol. The Bertz CT molecular complexity index is 1200. The third kappa shape index (κ3) is 4.18. The zero-order chi connectivity index (χ0) is 20.9. The molecule has 0 saturated carbocycles. The summed E-state index contributed by atoms with van der Waals surface area (Å²) in [5.74, 6) is -0.178. The van der Waals surface area contributed by atoms with E-state index in [4.69, 9.17) is 4.74 Å². The van der Waals surface area contributed by atoms with Crippen molar-refractivity contribution in [1.82, 2.24) is 10.9 Å². The molecule has 0 spiro atoms. The van der Waals surface area contributed by atoms with Gasteiger partial charge in [-0.25, -0.2) is 0 Å². The van der Waals surface area contributed by atoms with Crippen molar-refractivity contribution < 1.29 is 14.3 Å². The number of carbonyl (C=O) groups is 2. The van der Waals surface area contributed by atoms with Crippen LogP contribution in [0.3, 0.4) is 0 Å². The van der Waals surface area contributed by atoms with E-state index in [2.05, 4.69) is 10.9 Å². The molecule has 0 saturated heterocycles. The molecule has 0 fully saturated rings. The highest BCUT2D eigenvalue weighted by atomic mass is 32.1. The van der Waals surface area contributed by atoms with Crippen LogP contribution in [0.2, 0.25) is 0 Å². The van der Waals surface area contributed by atoms with Crippen molar-refractivity contribution in [3.05, 3.63) is 89.3 Å². The molecule has 30 heavy (non-hydrogen) atoms. The second kappa shape index (κ2) is 8.80. The summed E-state index contributed by atoms with van der Waals surface area (Å²) in [6.45, 7) is 1.69. The fraction of sp³-hybridized carbons (Fsp3) is 0.0833. The first-order valence-electron chi connectivity index (χ1n) is 9.48. The lowest BCUT2D eigenvalue weighted by molar-refractivity contribution is -0.123. The zero-order valence-electron chi connectivity index (χ0n) is 16.3. The number of hydrazine groups is 1. The van der Waals surface area contributed by atoms with E-state index in [1.165, 1.54) is 11.3 Å². The number of para-hydroxylation sites is 1. The third-order valence-corrected chi connectivity index (χ3v) is 5.97. The minimum absolute atomic E-state index is 0.213. The fourth-order valence-corrected chi connectivity index (χ4v) is 4.31. The molecule has 1 heterocycles. The normalized spacial score (nSPS) is 10.6. The molecule has 3 aromatic carbocycles. The second-order valence-electron chi connectivity index (χ2n) is 6.71. The number of hydrogen-bond donors (Lipinski definition) is 2. The van der Waals surface area contributed by atoms with Crippen LogP contribution in [0.5, 0.6) is 5.75 Å². The van der Waals surface area contributed by atoms with E-state index in [1.807, 2.05) is 85.8 Å². The average Bonchev–Trinajstić information content (AvgIpc) is 3.13. The number of thiophene rings is 1. The summed E-state index contributed by atoms with van der Waals surface area (Å²) in [5, 5.41) is 1.04. The number of aryl methyl sites for hydroxylation is 1. The Morgan fingerprint density at radius 2 is 1.57 bits per heavy atom. The molecule has 0 bridgehead atoms. The molecule has 2 amide bonds. The fourth-order valence-electron chi connectivity index (χ4n) is 3.20. The van der Waals surface area contributed by atoms with Crippen molar-refractivity contribution in [1.29, 1.82) is 0 Å². The van der Waals surface area contributed by atoms with Gasteiger partial charge < -0.3 is 4.74 Å². The van der Waals surface area contributed by atoms with Gasteiger partial charge in [-0.05, 0) is 35.6 Å². The molecule has 0 aliphatic rings. The van der Waals surface area contributed by atoms with Gasteiger partial charge >= 0.3 is 0 Å². The Balaban J connectivity index is 1.37. The van der Waals surface area contributed by atoms with Gasteiger partial charge in [0.05, 0.1) is 4.88 Å². The standard InChI is InChI=1S/C24H20N2O3S/c1-16-18-11-6-8-14-21(18)30-23(16)24(28)26-25-22(27)15-29-20-13-7-5-12-19(20)17-9-3-2-4-10-17/h2-14H,15H2,1H3,(H,25,27)(H,26,28). The van der Waals surface area contributed by atoms with Crippen molar-refractivity contribution in [3.8, 4) is 16.9 Å². The number of hydrogen-bond acceptors (Lipinski definition) is 4. The Hall–Kier alpha value is -3.64. The van der Waals surface area contributed by atoms with Gasteiger partial charge in [0.15, 0.2) is 6.61 Å². The van der Waals surface area contributed by atoms with Crippen LogP contribution in [0.1, 0.15) is 15.2 Å². The van der Waals surface area contributed by atoms with E-state index >= 15 is 0 Å². The highest BCUT2D eigenvalue weighted by molar-refractivity contribution is 7.21. The van der Waals surface area contributed by atoms with E-state index in [9.17, 15) is 9.59 Å². The van der Waals surface area contributed by atoms with Gasteiger partial charge in [-0.3, -0.25) is 20.4 Å². The maximum Gasteiger partial charge on any atom is 0.280 e. The number of carbonyl (C=O) groups excluding carboxylic acids is 2. The number of ether oxygens (including phenoxy) is 1. The molecule has 150 valence electrons. The highest BCUT2D eigenvalue weighted by Crippen LogP contribution is 2.30. The van der Waals surface area contributed by atoms with Crippen LogP contribution < -0.4 is 15.6 Å². The minimum atomic E-state index is -0.440. The summed E-state index contributed by atoms with van der Waals surface area (Å²) in [6.07, 6.45) is 0. The molecule has 1 aromatic heterocycles. The summed E-state index contributed by atoms with van der Waals surface area (Å²) in [7, 11) is 0. The van der Waals surface area contributed by atoms with Crippen LogP contribution in [0.15, 0.2) is 78.9 Å². The molecule has 0 aliphatic carbocycles. The van der Waals surface area contributed by atoms with Gasteiger partial charge in [0, 0.05) is 10.3 Å². The Morgan fingerprint density at radius 3 is 2.37 bits per heavy atom. The van der Waals surface area contributed by atoms with Gasteiger partial charge in [-0.1, -0.05) is 66.7 Å². The second-order valence-corrected chi connectivity index (χ2v) is 7.76. The maximum atomic E-state index is 12.5. The predicted molar refractivity (Wildman–Crippen MR) is 120 cm³/mol. The molecular weight excluding hydrogens is 396 g/mol. The lowest BCUT2D eigenvalue weighted by Gasteiger charge is -2.12. The largest absolute Gasteiger partial charge is 0.483 e. The molecular formula is C24H20N2O3S. The molecule has 5 nitrogen and oxygen atoms in total. The number of amides is 2. The van der Waals surface area contributed by atoms with Crippen LogP contribution >= 0.6 is 11.3 Å². The van der Waals surface area contributed by atoms with Gasteiger partial charge in [0.2, 0.25) is 0 Å². The first-order chi connectivity index (χ1) is 14.6. The lowest BCUT2D eigenvalue weighted by atomic mass is 10.1. The Labute approximate surface area is 178 Å². The minimum Gasteiger partial charge on any atom is -0.483 e. The van der Waals surface area contributed by atoms with Crippen LogP contribution in [0.25, 0.3) is 21.2 Å². The summed E-state index contributed by atoms with van der Waals surface area (Å²) in [4.78, 5) is 25.3. The third-order valence-electron chi connectivity index (χ3n) is 4.70. The average molecular weight is 417 g/mol. The van der Waals surface area contributed by atoms with Crippen molar-refractivity contribution in [3.63, 3.8) is 0 Å². The number of fused-ring (bicyclic) bond motifs is 1. The molecule has 0 unspecified atom stereocenters. The number of benzene rings is 3. The van der Waals surface area contributed by atoms with Crippen molar-refractivity contribution in [2.24, 2.45) is 0 Å². The Kier molecular flexibility index (Phi) is 5.77. The molecule has 0 atom stereocenters. The first kappa shape index (κ1) is 19.7. The van der Waals surface area contributed by atoms with E-state index in [0.717, 1.165) is 26.8 Å². The van der Waals surface area contributed by atoms with Gasteiger partial charge in [0.25, 0.3) is 11.8 Å². The molecule has 6 heteroatoms. The zero-order valence-corrected chi connectivity index (χ0v) is 17.2. The van der Waals surface area contributed by atoms with Gasteiger partial charge in [-0.2, -0.15) is 0 Å². The highest BCUT2D eigenvalue weighted by Gasteiger charge is 2.16. The van der Waals surface area contributed by atoms with Crippen molar-refractivity contribution >= 4 is 33.2 Å². The van der Waals surface area contributed by atoms with Crippen LogP contribution in [0.4, 0.5) is 0 Å². The molecule has 4 rings (SSSR count). The molecule has 2 N–H and O–H groups in total. The first-order valence-corrected chi connectivity index (χ1v) is 10.3. The number of nitrogens with one attached hydrogen (secondary N) is 2. The summed E-state index contributed by atoms with van der Waals surface area (Å²) in [6, 6.07) is 25.2. The topological polar surface area (TPSA) is 67.4 Å².